The van der Waals surface area contributed by atoms with Gasteiger partial charge in [-0.1, -0.05) is 0 Å². The number of hydrogen-bond acceptors (Lipinski definition) is 3. The van der Waals surface area contributed by atoms with E-state index >= 15 is 0 Å². The first-order valence-electron chi connectivity index (χ1n) is 3.94. The molecule has 0 aromatic carbocycles. The van der Waals surface area contributed by atoms with Crippen LogP contribution in [0, 0.1) is 0 Å². The van der Waals surface area contributed by atoms with Crippen molar-refractivity contribution in [2.24, 2.45) is 0 Å². The van der Waals surface area contributed by atoms with Crippen molar-refractivity contribution in [3.8, 4) is 0 Å². The molecule has 15 heavy (non-hydrogen) atoms. The Labute approximate surface area is 88.2 Å². The Morgan fingerprint density at radius 3 is 2.53 bits per heavy atom. The molecular formula is C7H10F3NO3S. The summed E-state index contributed by atoms with van der Waals surface area (Å²) < 4.78 is 35.0. The second-order valence-electron chi connectivity index (χ2n) is 2.63. The predicted molar refractivity (Wildman–Crippen MR) is 48.6 cm³/mol. The number of hydrogen-bond donors (Lipinski definition) is 2. The zero-order chi connectivity index (χ0) is 11.9. The van der Waals surface area contributed by atoms with Crippen LogP contribution in [0.15, 0.2) is 0 Å². The van der Waals surface area contributed by atoms with E-state index in [4.69, 9.17) is 5.11 Å². The van der Waals surface area contributed by atoms with Crippen molar-refractivity contribution in [3.05, 3.63) is 0 Å². The first-order chi connectivity index (χ1) is 6.87. The van der Waals surface area contributed by atoms with Crippen LogP contribution in [0.5, 0.6) is 0 Å². The molecule has 0 radical (unpaired) electrons. The average Bonchev–Trinajstić information content (AvgIpc) is 2.08. The van der Waals surface area contributed by atoms with Crippen LogP contribution in [0.3, 0.4) is 0 Å². The highest BCUT2D eigenvalue weighted by atomic mass is 32.2. The highest BCUT2D eigenvalue weighted by molar-refractivity contribution is 7.99. The summed E-state index contributed by atoms with van der Waals surface area (Å²) in [6.07, 6.45) is -4.07. The maximum atomic E-state index is 11.7. The number of alkyl halides is 3. The molecule has 0 saturated heterocycles. The van der Waals surface area contributed by atoms with E-state index < -0.39 is 23.9 Å². The summed E-state index contributed by atoms with van der Waals surface area (Å²) >= 11 is 0.588. The number of carbonyl (C=O) groups is 2. The number of aliphatic carboxylic acids is 1. The molecule has 0 aromatic heterocycles. The van der Waals surface area contributed by atoms with Crippen molar-refractivity contribution < 1.29 is 27.9 Å². The van der Waals surface area contributed by atoms with Crippen molar-refractivity contribution in [1.82, 2.24) is 5.32 Å². The van der Waals surface area contributed by atoms with Gasteiger partial charge in [-0.05, 0) is 12.2 Å². The Morgan fingerprint density at radius 1 is 1.53 bits per heavy atom. The number of thioether (sulfide) groups is 1. The monoisotopic (exact) mass is 245 g/mol. The molecule has 0 aliphatic carbocycles. The van der Waals surface area contributed by atoms with Crippen molar-refractivity contribution in [2.75, 3.05) is 11.5 Å². The third-order valence-electron chi connectivity index (χ3n) is 1.38. The molecule has 0 aliphatic rings. The lowest BCUT2D eigenvalue weighted by Crippen LogP contribution is -2.36. The number of carboxylic acid groups (broad SMARTS) is 1. The summed E-state index contributed by atoms with van der Waals surface area (Å²) in [5.74, 6) is -2.24. The SMILES string of the molecule is O=CNC(CCSCC(F)(F)F)C(=O)O. The van der Waals surface area contributed by atoms with Crippen LogP contribution in [0.4, 0.5) is 13.2 Å². The van der Waals surface area contributed by atoms with Gasteiger partial charge in [0.05, 0.1) is 5.75 Å². The van der Waals surface area contributed by atoms with Gasteiger partial charge in [-0.3, -0.25) is 4.79 Å². The maximum Gasteiger partial charge on any atom is 0.397 e. The molecule has 0 fully saturated rings. The van der Waals surface area contributed by atoms with Crippen molar-refractivity contribution in [1.29, 1.82) is 0 Å². The molecule has 1 atom stereocenters. The van der Waals surface area contributed by atoms with Crippen LogP contribution in [0.25, 0.3) is 0 Å². The van der Waals surface area contributed by atoms with Gasteiger partial charge >= 0.3 is 12.1 Å². The molecule has 1 amide bonds. The molecule has 2 N–H and O–H groups in total. The second kappa shape index (κ2) is 6.54. The van der Waals surface area contributed by atoms with Crippen LogP contribution in [-0.2, 0) is 9.59 Å². The van der Waals surface area contributed by atoms with E-state index in [2.05, 4.69) is 0 Å². The van der Waals surface area contributed by atoms with Gasteiger partial charge in [0, 0.05) is 0 Å². The molecule has 0 bridgehead atoms. The number of carboxylic acids is 1. The summed E-state index contributed by atoms with van der Waals surface area (Å²) in [6, 6.07) is -1.12. The van der Waals surface area contributed by atoms with Crippen molar-refractivity contribution in [3.63, 3.8) is 0 Å². The molecule has 0 aliphatic heterocycles. The topological polar surface area (TPSA) is 66.4 Å². The lowest BCUT2D eigenvalue weighted by atomic mass is 10.2. The standard InChI is InChI=1S/C7H10F3NO3S/c8-7(9,10)3-15-2-1-5(6(13)14)11-4-12/h4-5H,1-3H2,(H,11,12)(H,13,14). The first kappa shape index (κ1) is 14.1. The summed E-state index contributed by atoms with van der Waals surface area (Å²) in [6.45, 7) is 0. The number of carbonyl (C=O) groups excluding carboxylic acids is 1. The minimum absolute atomic E-state index is 0.0251. The van der Waals surface area contributed by atoms with E-state index in [1.165, 1.54) is 0 Å². The highest BCUT2D eigenvalue weighted by Gasteiger charge is 2.27. The maximum absolute atomic E-state index is 11.7. The summed E-state index contributed by atoms with van der Waals surface area (Å²) in [5, 5.41) is 10.5. The normalized spacial score (nSPS) is 13.3. The van der Waals surface area contributed by atoms with Crippen LogP contribution in [-0.4, -0.2) is 41.2 Å². The van der Waals surface area contributed by atoms with Crippen LogP contribution >= 0.6 is 11.8 Å². The van der Waals surface area contributed by atoms with Gasteiger partial charge in [-0.25, -0.2) is 4.79 Å². The quantitative estimate of drug-likeness (QED) is 0.516. The lowest BCUT2D eigenvalue weighted by molar-refractivity contribution is -0.140. The van der Waals surface area contributed by atoms with Crippen LogP contribution in [0.1, 0.15) is 6.42 Å². The van der Waals surface area contributed by atoms with E-state index in [1.54, 1.807) is 0 Å². The third-order valence-corrected chi connectivity index (χ3v) is 2.44. The first-order valence-corrected chi connectivity index (χ1v) is 5.09. The molecule has 0 aromatic rings. The zero-order valence-electron chi connectivity index (χ0n) is 7.58. The average molecular weight is 245 g/mol. The molecule has 8 heteroatoms. The molecule has 88 valence electrons. The minimum atomic E-state index is -4.25. The predicted octanol–water partition coefficient (Wildman–Crippen LogP) is 0.871. The third kappa shape index (κ3) is 8.10. The fourth-order valence-corrected chi connectivity index (χ4v) is 1.53. The molecule has 1 unspecified atom stereocenters. The Morgan fingerprint density at radius 2 is 2.13 bits per heavy atom. The largest absolute Gasteiger partial charge is 0.480 e. The number of amides is 1. The summed E-state index contributed by atoms with van der Waals surface area (Å²) in [4.78, 5) is 20.4. The van der Waals surface area contributed by atoms with Crippen LogP contribution < -0.4 is 5.32 Å². The number of nitrogens with one attached hydrogen (secondary N) is 1. The van der Waals surface area contributed by atoms with Gasteiger partial charge in [0.15, 0.2) is 0 Å². The summed E-state index contributed by atoms with van der Waals surface area (Å²) in [5.41, 5.74) is 0. The van der Waals surface area contributed by atoms with Gasteiger partial charge in [0.2, 0.25) is 6.41 Å². The lowest BCUT2D eigenvalue weighted by Gasteiger charge is -2.11. The van der Waals surface area contributed by atoms with Gasteiger partial charge in [-0.15, -0.1) is 0 Å². The second-order valence-corrected chi connectivity index (χ2v) is 3.74. The fourth-order valence-electron chi connectivity index (χ4n) is 0.749. The summed E-state index contributed by atoms with van der Waals surface area (Å²) in [7, 11) is 0. The van der Waals surface area contributed by atoms with Gasteiger partial charge in [0.25, 0.3) is 0 Å². The van der Waals surface area contributed by atoms with E-state index in [0.29, 0.717) is 11.8 Å². The molecule has 0 saturated carbocycles. The molecule has 4 nitrogen and oxygen atoms in total. The van der Waals surface area contributed by atoms with E-state index in [9.17, 15) is 22.8 Å². The van der Waals surface area contributed by atoms with E-state index in [0.717, 1.165) is 0 Å². The highest BCUT2D eigenvalue weighted by Crippen LogP contribution is 2.21. The smallest absolute Gasteiger partial charge is 0.397 e. The molecule has 0 spiro atoms. The molecule has 0 rings (SSSR count). The Hall–Kier alpha value is -0.920. The van der Waals surface area contributed by atoms with E-state index in [1.807, 2.05) is 5.32 Å². The number of rotatable bonds is 7. The fraction of sp³-hybridized carbons (Fsp3) is 0.714. The molecular weight excluding hydrogens is 235 g/mol. The van der Waals surface area contributed by atoms with Crippen LogP contribution in [0.2, 0.25) is 0 Å². The van der Waals surface area contributed by atoms with Crippen molar-refractivity contribution in [2.45, 2.75) is 18.6 Å². The zero-order valence-corrected chi connectivity index (χ0v) is 8.40. The van der Waals surface area contributed by atoms with Crippen molar-refractivity contribution >= 4 is 24.1 Å². The Balaban J connectivity index is 3.72. The Kier molecular flexibility index (Phi) is 6.14. The van der Waals surface area contributed by atoms with Gasteiger partial charge in [-0.2, -0.15) is 24.9 Å². The Bertz CT molecular complexity index is 222. The van der Waals surface area contributed by atoms with E-state index in [-0.39, 0.29) is 18.6 Å². The van der Waals surface area contributed by atoms with Gasteiger partial charge in [0.1, 0.15) is 6.04 Å². The minimum Gasteiger partial charge on any atom is -0.480 e. The van der Waals surface area contributed by atoms with Gasteiger partial charge < -0.3 is 10.4 Å². The molecule has 0 heterocycles. The number of halogens is 3.